The molecular weight excluding hydrogens is 667 g/mol. The van der Waals surface area contributed by atoms with Gasteiger partial charge in [0.2, 0.25) is 5.91 Å². The minimum atomic E-state index is -4.59. The number of halogens is 2. The number of nitrogens with one attached hydrogen (secondary N) is 2. The van der Waals surface area contributed by atoms with Crippen LogP contribution in [-0.4, -0.2) is 41.3 Å². The van der Waals surface area contributed by atoms with E-state index in [0.717, 1.165) is 15.9 Å². The monoisotopic (exact) mass is 692 g/mol. The molecule has 0 fully saturated rings. The number of carbonyl (C=O) groups excluding carboxylic acids is 1. The Morgan fingerprint density at radius 2 is 1.49 bits per heavy atom. The molecule has 4 rings (SSSR count). The van der Waals surface area contributed by atoms with E-state index in [9.17, 15) is 31.7 Å². The zero-order valence-corrected chi connectivity index (χ0v) is 27.1. The van der Waals surface area contributed by atoms with Gasteiger partial charge in [0.1, 0.15) is 12.3 Å². The Labute approximate surface area is 269 Å². The smallest absolute Gasteiger partial charge is 0.273 e. The molecule has 0 aliphatic carbocycles. The van der Waals surface area contributed by atoms with Gasteiger partial charge in [-0.3, -0.25) is 23.9 Å². The standard InChI is InChI=1S/C29H26Cl2N4O8S2/c1-18-4-7-22(15-25(18)31)33-44(39,40)23-11-8-21(9-12-23)32-29(36)17-34(27-14-20(30)6-13-28(27)43-3)45(41,42)24-10-5-19(2)26(16-24)35(37)38/h4-16,33H,17H2,1-3H3,(H,32,36). The maximum Gasteiger partial charge on any atom is 0.273 e. The average Bonchev–Trinajstić information content (AvgIpc) is 2.98. The van der Waals surface area contributed by atoms with Crippen LogP contribution in [0.4, 0.5) is 22.7 Å². The second-order valence-corrected chi connectivity index (χ2v) is 14.1. The molecule has 0 unspecified atom stereocenters. The molecule has 4 aromatic carbocycles. The molecule has 12 nitrogen and oxygen atoms in total. The number of hydrogen-bond donors (Lipinski definition) is 2. The van der Waals surface area contributed by atoms with Gasteiger partial charge in [-0.15, -0.1) is 0 Å². The maximum atomic E-state index is 13.9. The van der Waals surface area contributed by atoms with Gasteiger partial charge in [-0.25, -0.2) is 16.8 Å². The van der Waals surface area contributed by atoms with E-state index >= 15 is 0 Å². The van der Waals surface area contributed by atoms with E-state index in [4.69, 9.17) is 27.9 Å². The zero-order valence-electron chi connectivity index (χ0n) is 23.9. The topological polar surface area (TPSA) is 165 Å². The Balaban J connectivity index is 1.62. The van der Waals surface area contributed by atoms with E-state index in [0.29, 0.717) is 5.02 Å². The number of amides is 1. The maximum absolute atomic E-state index is 13.9. The van der Waals surface area contributed by atoms with Crippen LogP contribution < -0.4 is 19.1 Å². The summed E-state index contributed by atoms with van der Waals surface area (Å²) in [5.74, 6) is -0.750. The highest BCUT2D eigenvalue weighted by atomic mass is 35.5. The molecule has 0 saturated carbocycles. The number of nitro benzene ring substituents is 1. The molecular formula is C29H26Cl2N4O8S2. The fraction of sp³-hybridized carbons (Fsp3) is 0.138. The molecule has 0 atom stereocenters. The number of hydrogen-bond acceptors (Lipinski definition) is 8. The van der Waals surface area contributed by atoms with E-state index < -0.39 is 48.0 Å². The molecule has 0 spiro atoms. The Morgan fingerprint density at radius 3 is 2.11 bits per heavy atom. The molecule has 4 aromatic rings. The highest BCUT2D eigenvalue weighted by Gasteiger charge is 2.31. The van der Waals surface area contributed by atoms with Gasteiger partial charge in [0, 0.05) is 27.4 Å². The van der Waals surface area contributed by atoms with Crippen molar-refractivity contribution >= 4 is 71.9 Å². The fourth-order valence-corrected chi connectivity index (χ4v) is 6.99. The molecule has 0 aromatic heterocycles. The van der Waals surface area contributed by atoms with E-state index in [-0.39, 0.29) is 38.3 Å². The zero-order chi connectivity index (χ0) is 33.1. The van der Waals surface area contributed by atoms with Crippen molar-refractivity contribution in [3.8, 4) is 5.75 Å². The SMILES string of the molecule is COc1ccc(Cl)cc1N(CC(=O)Nc1ccc(S(=O)(=O)Nc2ccc(C)c(Cl)c2)cc1)S(=O)(=O)c1ccc(C)c([N+](=O)[O-])c1. The lowest BCUT2D eigenvalue weighted by molar-refractivity contribution is -0.385. The van der Waals surface area contributed by atoms with Crippen molar-refractivity contribution < 1.29 is 31.3 Å². The Kier molecular flexibility index (Phi) is 9.92. The summed E-state index contributed by atoms with van der Waals surface area (Å²) in [6.07, 6.45) is 0. The van der Waals surface area contributed by atoms with Gasteiger partial charge in [0.15, 0.2) is 0 Å². The van der Waals surface area contributed by atoms with Crippen LogP contribution in [0.2, 0.25) is 10.0 Å². The number of rotatable bonds is 11. The van der Waals surface area contributed by atoms with E-state index in [1.165, 1.54) is 74.7 Å². The van der Waals surface area contributed by atoms with Crippen LogP contribution in [0.1, 0.15) is 11.1 Å². The van der Waals surface area contributed by atoms with Crippen LogP contribution in [0, 0.1) is 24.0 Å². The van der Waals surface area contributed by atoms with Crippen LogP contribution >= 0.6 is 23.2 Å². The van der Waals surface area contributed by atoms with Crippen molar-refractivity contribution in [2.75, 3.05) is 28.0 Å². The molecule has 0 aliphatic rings. The molecule has 0 radical (unpaired) electrons. The molecule has 0 heterocycles. The van der Waals surface area contributed by atoms with Crippen LogP contribution in [-0.2, 0) is 24.8 Å². The first-order valence-electron chi connectivity index (χ1n) is 12.9. The summed E-state index contributed by atoms with van der Waals surface area (Å²) >= 11 is 12.2. The van der Waals surface area contributed by atoms with Crippen LogP contribution in [0.5, 0.6) is 5.75 Å². The van der Waals surface area contributed by atoms with Crippen molar-refractivity contribution in [3.05, 3.63) is 110 Å². The van der Waals surface area contributed by atoms with Crippen LogP contribution in [0.15, 0.2) is 88.7 Å². The second kappa shape index (κ2) is 13.3. The molecule has 0 aliphatic heterocycles. The van der Waals surface area contributed by atoms with Crippen molar-refractivity contribution in [1.29, 1.82) is 0 Å². The summed E-state index contributed by atoms with van der Waals surface area (Å²) in [5.41, 5.74) is 0.936. The van der Waals surface area contributed by atoms with Gasteiger partial charge in [-0.1, -0.05) is 35.3 Å². The van der Waals surface area contributed by atoms with E-state index in [1.807, 2.05) is 0 Å². The number of nitrogens with zero attached hydrogens (tertiary/aromatic N) is 2. The third-order valence-electron chi connectivity index (χ3n) is 6.53. The summed E-state index contributed by atoms with van der Waals surface area (Å²) < 4.78 is 62.0. The average molecular weight is 694 g/mol. The largest absolute Gasteiger partial charge is 0.495 e. The summed E-state index contributed by atoms with van der Waals surface area (Å²) in [6, 6.07) is 17.4. The van der Waals surface area contributed by atoms with Crippen molar-refractivity contribution in [2.45, 2.75) is 23.6 Å². The Morgan fingerprint density at radius 1 is 0.867 bits per heavy atom. The molecule has 1 amide bonds. The first-order chi connectivity index (χ1) is 21.1. The van der Waals surface area contributed by atoms with Crippen LogP contribution in [0.25, 0.3) is 0 Å². The molecule has 0 saturated heterocycles. The summed E-state index contributed by atoms with van der Waals surface area (Å²) in [6.45, 7) is 2.45. The summed E-state index contributed by atoms with van der Waals surface area (Å²) in [7, 11) is -7.30. The molecule has 45 heavy (non-hydrogen) atoms. The quantitative estimate of drug-likeness (QED) is 0.139. The minimum absolute atomic E-state index is 0.0642. The number of sulfonamides is 2. The van der Waals surface area contributed by atoms with E-state index in [1.54, 1.807) is 19.1 Å². The molecule has 236 valence electrons. The predicted molar refractivity (Wildman–Crippen MR) is 172 cm³/mol. The lowest BCUT2D eigenvalue weighted by atomic mass is 10.2. The molecule has 2 N–H and O–H groups in total. The van der Waals surface area contributed by atoms with Crippen molar-refractivity contribution in [1.82, 2.24) is 0 Å². The van der Waals surface area contributed by atoms with Gasteiger partial charge < -0.3 is 10.1 Å². The normalized spacial score (nSPS) is 11.5. The van der Waals surface area contributed by atoms with Crippen LogP contribution in [0.3, 0.4) is 0 Å². The van der Waals surface area contributed by atoms with Gasteiger partial charge in [-0.2, -0.15) is 0 Å². The van der Waals surface area contributed by atoms with Gasteiger partial charge in [0.25, 0.3) is 25.7 Å². The highest BCUT2D eigenvalue weighted by Crippen LogP contribution is 2.36. The second-order valence-electron chi connectivity index (χ2n) is 9.68. The Hall–Kier alpha value is -4.37. The van der Waals surface area contributed by atoms with Crippen molar-refractivity contribution in [2.24, 2.45) is 0 Å². The number of nitro groups is 1. The van der Waals surface area contributed by atoms with Crippen molar-refractivity contribution in [3.63, 3.8) is 0 Å². The first kappa shape index (κ1) is 33.5. The lowest BCUT2D eigenvalue weighted by Gasteiger charge is -2.26. The van der Waals surface area contributed by atoms with Gasteiger partial charge >= 0.3 is 0 Å². The number of carbonyl (C=O) groups is 1. The number of aryl methyl sites for hydroxylation is 2. The third-order valence-corrected chi connectivity index (χ3v) is 10.3. The lowest BCUT2D eigenvalue weighted by Crippen LogP contribution is -2.38. The summed E-state index contributed by atoms with van der Waals surface area (Å²) in [5, 5.41) is 14.6. The molecule has 0 bridgehead atoms. The number of methoxy groups -OCH3 is 1. The summed E-state index contributed by atoms with van der Waals surface area (Å²) in [4.78, 5) is 23.5. The predicted octanol–water partition coefficient (Wildman–Crippen LogP) is 6.16. The fourth-order valence-electron chi connectivity index (χ4n) is 4.15. The van der Waals surface area contributed by atoms with Gasteiger partial charge in [-0.05, 0) is 80.1 Å². The number of anilines is 3. The highest BCUT2D eigenvalue weighted by molar-refractivity contribution is 7.93. The minimum Gasteiger partial charge on any atom is -0.495 e. The van der Waals surface area contributed by atoms with E-state index in [2.05, 4.69) is 10.0 Å². The number of benzene rings is 4. The third kappa shape index (κ3) is 7.65. The molecule has 16 heteroatoms. The number of ether oxygens (including phenoxy) is 1. The van der Waals surface area contributed by atoms with Gasteiger partial charge in [0.05, 0.1) is 33.2 Å². The first-order valence-corrected chi connectivity index (χ1v) is 16.6. The Bertz CT molecular complexity index is 2010.